The molecule has 1 rings (SSSR count). The second kappa shape index (κ2) is 6.73. The van der Waals surface area contributed by atoms with Gasteiger partial charge in [0.25, 0.3) is 0 Å². The zero-order valence-electron chi connectivity index (χ0n) is 10.1. The molecule has 92 valence electrons. The maximum atomic E-state index is 11.5. The monoisotopic (exact) mass is 235 g/mol. The van der Waals surface area contributed by atoms with Crippen molar-refractivity contribution in [1.82, 2.24) is 4.90 Å². The first-order valence-electron chi connectivity index (χ1n) is 5.61. The third-order valence-electron chi connectivity index (χ3n) is 2.58. The van der Waals surface area contributed by atoms with Crippen LogP contribution in [-0.2, 0) is 9.59 Å². The number of amides is 2. The van der Waals surface area contributed by atoms with Gasteiger partial charge in [-0.15, -0.1) is 0 Å². The molecule has 0 saturated carbocycles. The Morgan fingerprint density at radius 2 is 2.06 bits per heavy atom. The summed E-state index contributed by atoms with van der Waals surface area (Å²) in [6.45, 7) is 5.52. The van der Waals surface area contributed by atoms with Gasteiger partial charge in [0.1, 0.15) is 0 Å². The van der Waals surface area contributed by atoms with Gasteiger partial charge in [-0.05, 0) is 13.3 Å². The standard InChI is InChI=1S/C12H17N3O2/c1-10(6-8-14-13-2)7-9-15-11(16)4-3-5-12(15)17/h7-8H,2-6,9H2,1H3/b10-7-,14-8+. The van der Waals surface area contributed by atoms with Gasteiger partial charge in [0.2, 0.25) is 11.8 Å². The van der Waals surface area contributed by atoms with Crippen molar-refractivity contribution in [3.63, 3.8) is 0 Å². The summed E-state index contributed by atoms with van der Waals surface area (Å²) < 4.78 is 0. The van der Waals surface area contributed by atoms with Crippen molar-refractivity contribution in [3.05, 3.63) is 11.6 Å². The number of nitrogens with zero attached hydrogens (tertiary/aromatic N) is 3. The van der Waals surface area contributed by atoms with E-state index in [9.17, 15) is 9.59 Å². The van der Waals surface area contributed by atoms with E-state index in [-0.39, 0.29) is 11.8 Å². The fraction of sp³-hybridized carbons (Fsp3) is 0.500. The number of likely N-dealkylation sites (tertiary alicyclic amines) is 1. The molecule has 2 amide bonds. The Morgan fingerprint density at radius 3 is 2.65 bits per heavy atom. The minimum absolute atomic E-state index is 0.0771. The fourth-order valence-electron chi connectivity index (χ4n) is 1.58. The van der Waals surface area contributed by atoms with Gasteiger partial charge in [-0.25, -0.2) is 0 Å². The maximum absolute atomic E-state index is 11.5. The van der Waals surface area contributed by atoms with Gasteiger partial charge >= 0.3 is 0 Å². The molecule has 0 radical (unpaired) electrons. The van der Waals surface area contributed by atoms with E-state index in [0.29, 0.717) is 32.2 Å². The molecule has 0 aromatic heterocycles. The molecule has 1 fully saturated rings. The first-order valence-corrected chi connectivity index (χ1v) is 5.61. The van der Waals surface area contributed by atoms with Crippen LogP contribution in [0.3, 0.4) is 0 Å². The summed E-state index contributed by atoms with van der Waals surface area (Å²) in [5.41, 5.74) is 1.04. The lowest BCUT2D eigenvalue weighted by Gasteiger charge is -2.23. The van der Waals surface area contributed by atoms with Crippen LogP contribution in [0.5, 0.6) is 0 Å². The van der Waals surface area contributed by atoms with Crippen LogP contribution < -0.4 is 0 Å². The van der Waals surface area contributed by atoms with Crippen LogP contribution in [0.1, 0.15) is 32.6 Å². The number of rotatable bonds is 5. The predicted molar refractivity (Wildman–Crippen MR) is 67.0 cm³/mol. The summed E-state index contributed by atoms with van der Waals surface area (Å²) in [6.07, 6.45) is 5.78. The Bertz CT molecular complexity index is 356. The predicted octanol–water partition coefficient (Wildman–Crippen LogP) is 1.55. The summed E-state index contributed by atoms with van der Waals surface area (Å²) in [5, 5.41) is 6.99. The Balaban J connectivity index is 2.49. The van der Waals surface area contributed by atoms with Crippen molar-refractivity contribution in [3.8, 4) is 0 Å². The van der Waals surface area contributed by atoms with E-state index in [0.717, 1.165) is 5.57 Å². The van der Waals surface area contributed by atoms with E-state index >= 15 is 0 Å². The van der Waals surface area contributed by atoms with Gasteiger partial charge in [-0.1, -0.05) is 11.6 Å². The third-order valence-corrected chi connectivity index (χ3v) is 2.58. The fourth-order valence-corrected chi connectivity index (χ4v) is 1.58. The van der Waals surface area contributed by atoms with E-state index in [4.69, 9.17) is 0 Å². The molecule has 0 N–H and O–H groups in total. The molecule has 0 unspecified atom stereocenters. The van der Waals surface area contributed by atoms with Crippen molar-refractivity contribution < 1.29 is 9.59 Å². The maximum Gasteiger partial charge on any atom is 0.229 e. The molecule has 0 aliphatic carbocycles. The van der Waals surface area contributed by atoms with Gasteiger partial charge in [0, 0.05) is 38.7 Å². The molecular formula is C12H17N3O2. The van der Waals surface area contributed by atoms with Crippen molar-refractivity contribution in [1.29, 1.82) is 0 Å². The van der Waals surface area contributed by atoms with Gasteiger partial charge in [-0.3, -0.25) is 14.5 Å². The second-order valence-electron chi connectivity index (χ2n) is 3.95. The SMILES string of the molecule is C=N/N=C/C/C(C)=C\CN1C(=O)CCCC1=O. The number of carbonyl (C=O) groups is 2. The van der Waals surface area contributed by atoms with E-state index < -0.39 is 0 Å². The lowest BCUT2D eigenvalue weighted by Crippen LogP contribution is -2.40. The molecule has 5 nitrogen and oxygen atoms in total. The number of hydrogen-bond donors (Lipinski definition) is 0. The van der Waals surface area contributed by atoms with Gasteiger partial charge in [-0.2, -0.15) is 10.2 Å². The van der Waals surface area contributed by atoms with Gasteiger partial charge in [0.15, 0.2) is 0 Å². The Kier molecular flexibility index (Phi) is 5.26. The van der Waals surface area contributed by atoms with Gasteiger partial charge < -0.3 is 0 Å². The molecule has 0 atom stereocenters. The van der Waals surface area contributed by atoms with E-state index in [1.807, 2.05) is 13.0 Å². The molecule has 5 heteroatoms. The zero-order valence-corrected chi connectivity index (χ0v) is 10.1. The average molecular weight is 235 g/mol. The van der Waals surface area contributed by atoms with Crippen LogP contribution in [-0.4, -0.2) is 36.2 Å². The smallest absolute Gasteiger partial charge is 0.229 e. The van der Waals surface area contributed by atoms with Crippen LogP contribution in [0.4, 0.5) is 0 Å². The highest BCUT2D eigenvalue weighted by Gasteiger charge is 2.24. The lowest BCUT2D eigenvalue weighted by atomic mass is 10.1. The topological polar surface area (TPSA) is 62.1 Å². The Labute approximate surface area is 101 Å². The molecule has 1 aliphatic rings. The summed E-state index contributed by atoms with van der Waals surface area (Å²) in [4.78, 5) is 24.3. The molecule has 0 bridgehead atoms. The van der Waals surface area contributed by atoms with Crippen LogP contribution in [0.2, 0.25) is 0 Å². The number of imide groups is 1. The summed E-state index contributed by atoms with van der Waals surface area (Å²) >= 11 is 0. The minimum atomic E-state index is -0.0771. The molecule has 0 spiro atoms. The van der Waals surface area contributed by atoms with E-state index in [1.165, 1.54) is 4.90 Å². The number of hydrogen-bond acceptors (Lipinski definition) is 4. The van der Waals surface area contributed by atoms with Crippen molar-refractivity contribution in [2.24, 2.45) is 10.2 Å². The molecule has 0 aromatic carbocycles. The average Bonchev–Trinajstić information content (AvgIpc) is 2.29. The largest absolute Gasteiger partial charge is 0.279 e. The van der Waals surface area contributed by atoms with Crippen LogP contribution in [0, 0.1) is 0 Å². The van der Waals surface area contributed by atoms with Crippen molar-refractivity contribution in [2.75, 3.05) is 6.54 Å². The highest BCUT2D eigenvalue weighted by atomic mass is 16.2. The minimum Gasteiger partial charge on any atom is -0.279 e. The quantitative estimate of drug-likeness (QED) is 0.314. The second-order valence-corrected chi connectivity index (χ2v) is 3.95. The van der Waals surface area contributed by atoms with Crippen LogP contribution in [0.15, 0.2) is 21.9 Å². The lowest BCUT2D eigenvalue weighted by molar-refractivity contribution is -0.147. The number of piperidine rings is 1. The summed E-state index contributed by atoms with van der Waals surface area (Å²) in [5.74, 6) is -0.154. The zero-order chi connectivity index (χ0) is 12.7. The molecule has 0 aromatic rings. The first-order chi connectivity index (χ1) is 8.15. The number of carbonyl (C=O) groups excluding carboxylic acids is 2. The highest BCUT2D eigenvalue weighted by Crippen LogP contribution is 2.12. The summed E-state index contributed by atoms with van der Waals surface area (Å²) in [6, 6.07) is 0. The first kappa shape index (κ1) is 13.3. The van der Waals surface area contributed by atoms with Crippen molar-refractivity contribution >= 4 is 24.7 Å². The van der Waals surface area contributed by atoms with E-state index in [2.05, 4.69) is 16.9 Å². The van der Waals surface area contributed by atoms with Crippen molar-refractivity contribution in [2.45, 2.75) is 32.6 Å². The molecule has 1 aliphatic heterocycles. The van der Waals surface area contributed by atoms with E-state index in [1.54, 1.807) is 6.21 Å². The summed E-state index contributed by atoms with van der Waals surface area (Å²) in [7, 11) is 0. The Morgan fingerprint density at radius 1 is 1.41 bits per heavy atom. The molecule has 1 heterocycles. The molecule has 1 saturated heterocycles. The molecular weight excluding hydrogens is 218 g/mol. The van der Waals surface area contributed by atoms with Crippen LogP contribution in [0.25, 0.3) is 0 Å². The highest BCUT2D eigenvalue weighted by molar-refractivity contribution is 5.97. The van der Waals surface area contributed by atoms with Gasteiger partial charge in [0.05, 0.1) is 0 Å². The molecule has 17 heavy (non-hydrogen) atoms. The Hall–Kier alpha value is -1.78. The van der Waals surface area contributed by atoms with Crippen LogP contribution >= 0.6 is 0 Å². The third kappa shape index (κ3) is 4.30. The normalized spacial score (nSPS) is 17.9. The number of allylic oxidation sites excluding steroid dienone is 1.